The van der Waals surface area contributed by atoms with Gasteiger partial charge in [0.25, 0.3) is 25.5 Å². The van der Waals surface area contributed by atoms with Crippen LogP contribution in [0.15, 0.2) is 11.3 Å². The van der Waals surface area contributed by atoms with Gasteiger partial charge in [-0.2, -0.15) is 30.4 Å². The topological polar surface area (TPSA) is 169 Å². The van der Waals surface area contributed by atoms with Crippen LogP contribution in [0, 0.1) is 46.3 Å². The number of rotatable bonds is 12. The second-order valence-electron chi connectivity index (χ2n) is 14.8. The van der Waals surface area contributed by atoms with E-state index in [0.29, 0.717) is 69.9 Å². The first kappa shape index (κ1) is 38.2. The highest BCUT2D eigenvalue weighted by atomic mass is 32.2. The van der Waals surface area contributed by atoms with Gasteiger partial charge in [-0.1, -0.05) is 20.8 Å². The van der Waals surface area contributed by atoms with Gasteiger partial charge in [-0.15, -0.1) is 0 Å². The molecule has 0 aromatic rings. The van der Waals surface area contributed by atoms with Crippen LogP contribution in [-0.2, 0) is 53.0 Å². The van der Waals surface area contributed by atoms with E-state index in [1.165, 1.54) is 0 Å². The van der Waals surface area contributed by atoms with Crippen LogP contribution in [0.4, 0.5) is 22.0 Å². The van der Waals surface area contributed by atoms with Crippen molar-refractivity contribution in [2.75, 3.05) is 6.61 Å². The van der Waals surface area contributed by atoms with E-state index in [1.807, 2.05) is 13.8 Å². The molecule has 5 rings (SSSR count). The number of fused-ring (bicyclic) bond motifs is 7. The molecule has 4 saturated carbocycles. The van der Waals surface area contributed by atoms with Crippen LogP contribution < -0.4 is 0 Å². The lowest BCUT2D eigenvalue weighted by Gasteiger charge is -2.63. The summed E-state index contributed by atoms with van der Waals surface area (Å²) in [6.45, 7) is 6.10. The van der Waals surface area contributed by atoms with Crippen molar-refractivity contribution in [3.8, 4) is 0 Å². The number of carbonyl (C=O) groups is 4. The largest absolute Gasteiger partial charge is 0.486 e. The van der Waals surface area contributed by atoms with Crippen molar-refractivity contribution in [2.24, 2.45) is 46.3 Å². The molecule has 12 atom stereocenters. The molecule has 0 radical (unpaired) electrons. The molecule has 0 saturated heterocycles. The summed E-state index contributed by atoms with van der Waals surface area (Å²) >= 11 is 0. The highest BCUT2D eigenvalue weighted by Crippen LogP contribution is 2.71. The number of hydrogen-bond acceptors (Lipinski definition) is 11. The lowest BCUT2D eigenvalue weighted by Crippen LogP contribution is -2.63. The first-order valence-electron chi connectivity index (χ1n) is 16.5. The lowest BCUT2D eigenvalue weighted by molar-refractivity contribution is -0.260. The summed E-state index contributed by atoms with van der Waals surface area (Å²) in [5, 5.41) is -5.88. The summed E-state index contributed by atoms with van der Waals surface area (Å²) in [6.07, 6.45) is -8.07. The van der Waals surface area contributed by atoms with Crippen molar-refractivity contribution in [3.05, 3.63) is 11.3 Å². The van der Waals surface area contributed by atoms with Crippen LogP contribution in [0.2, 0.25) is 0 Å². The zero-order valence-corrected chi connectivity index (χ0v) is 28.4. The van der Waals surface area contributed by atoms with Crippen molar-refractivity contribution in [2.45, 2.75) is 108 Å². The maximum absolute atomic E-state index is 14.0. The fraction of sp³-hybridized carbons (Fsp3) is 0.812. The van der Waals surface area contributed by atoms with E-state index in [-0.39, 0.29) is 59.2 Å². The average molecular weight is 745 g/mol. The zero-order valence-electron chi connectivity index (χ0n) is 27.6. The van der Waals surface area contributed by atoms with Crippen LogP contribution in [-0.4, -0.2) is 80.8 Å². The van der Waals surface area contributed by atoms with Gasteiger partial charge in [0.15, 0.2) is 6.61 Å². The minimum Gasteiger partial charge on any atom is -0.486 e. The standard InChI is InChI=1S/C32H41F5O12S/c1-16-4-5-22(45-12-25(41)49-28(31(33,34)35)32(36,37)50(42,43)44)19-10-21-26-20(11-24(48-15-40)30(21,3)27(16)19)29(2)7-6-18(46-13-38)8-17(29)9-23(26)47-14-39/h13-18,20-21,23-24,26-28H,4-12H2,1-3H3,(H,42,43,44)/t16-,17+,18?,20+,21+,23?,24?,26-,27+,28?,29+,30-/m1/s1. The first-order valence-corrected chi connectivity index (χ1v) is 17.9. The van der Waals surface area contributed by atoms with Gasteiger partial charge in [0.05, 0.1) is 5.76 Å². The Labute approximate surface area is 285 Å². The highest BCUT2D eigenvalue weighted by molar-refractivity contribution is 7.86. The molecule has 5 aliphatic rings. The van der Waals surface area contributed by atoms with Gasteiger partial charge in [-0.25, -0.2) is 4.79 Å². The highest BCUT2D eigenvalue weighted by Gasteiger charge is 2.69. The monoisotopic (exact) mass is 744 g/mol. The van der Waals surface area contributed by atoms with Crippen molar-refractivity contribution in [3.63, 3.8) is 0 Å². The predicted molar refractivity (Wildman–Crippen MR) is 158 cm³/mol. The van der Waals surface area contributed by atoms with Gasteiger partial charge in [0, 0.05) is 17.8 Å². The maximum atomic E-state index is 14.0. The Morgan fingerprint density at radius 3 is 2.24 bits per heavy atom. The molecule has 0 aromatic heterocycles. The molecular formula is C32H41F5O12S. The van der Waals surface area contributed by atoms with Crippen LogP contribution in [0.1, 0.15) is 72.1 Å². The van der Waals surface area contributed by atoms with Gasteiger partial charge in [-0.05, 0) is 85.5 Å². The Balaban J connectivity index is 1.47. The van der Waals surface area contributed by atoms with E-state index in [1.54, 1.807) is 0 Å². The van der Waals surface area contributed by atoms with Crippen molar-refractivity contribution in [1.29, 1.82) is 0 Å². The van der Waals surface area contributed by atoms with Gasteiger partial charge in [0.2, 0.25) is 0 Å². The second kappa shape index (κ2) is 13.5. The summed E-state index contributed by atoms with van der Waals surface area (Å²) in [7, 11) is -6.62. The average Bonchev–Trinajstić information content (AvgIpc) is 3.34. The van der Waals surface area contributed by atoms with Gasteiger partial charge >= 0.3 is 27.5 Å². The Morgan fingerprint density at radius 2 is 1.64 bits per heavy atom. The van der Waals surface area contributed by atoms with Crippen LogP contribution in [0.5, 0.6) is 0 Å². The Hall–Kier alpha value is -3.02. The molecule has 282 valence electrons. The number of hydrogen-bond donors (Lipinski definition) is 1. The molecule has 0 aromatic carbocycles. The molecule has 5 aliphatic carbocycles. The fourth-order valence-corrected chi connectivity index (χ4v) is 11.0. The summed E-state index contributed by atoms with van der Waals surface area (Å²) in [5.74, 6) is -2.59. The van der Waals surface area contributed by atoms with E-state index >= 15 is 0 Å². The fourth-order valence-electron chi connectivity index (χ4n) is 10.6. The number of esters is 1. The number of allylic oxidation sites excluding steroid dienone is 2. The summed E-state index contributed by atoms with van der Waals surface area (Å²) in [6, 6.07) is 0. The third-order valence-corrected chi connectivity index (χ3v) is 13.6. The first-order chi connectivity index (χ1) is 23.2. The SMILES string of the molecule is C[C@@H]1CCC(OCC(=O)OC(C(F)(F)F)C(F)(F)S(=O)(=O)O)=C2C[C@H]3[C@@H]4C(OC=O)C[C@@H]5CC(OC=O)CC[C@]5(C)[C@H]4CC(OC=O)[C@]3(C)[C@H]21. The van der Waals surface area contributed by atoms with E-state index in [2.05, 4.69) is 11.7 Å². The van der Waals surface area contributed by atoms with Crippen LogP contribution in [0.3, 0.4) is 0 Å². The van der Waals surface area contributed by atoms with E-state index < -0.39 is 57.9 Å². The van der Waals surface area contributed by atoms with Gasteiger partial charge in [0.1, 0.15) is 18.3 Å². The Morgan fingerprint density at radius 1 is 0.980 bits per heavy atom. The molecule has 0 bridgehead atoms. The number of carbonyl (C=O) groups excluding carboxylic acids is 4. The quantitative estimate of drug-likeness (QED) is 0.0959. The summed E-state index contributed by atoms with van der Waals surface area (Å²) in [5.41, 5.74) is -0.325. The number of halogens is 5. The molecule has 0 heterocycles. The van der Waals surface area contributed by atoms with E-state index in [0.717, 1.165) is 0 Å². The maximum Gasteiger partial charge on any atom is 0.432 e. The summed E-state index contributed by atoms with van der Waals surface area (Å²) < 4.78 is 125. The molecule has 4 unspecified atom stereocenters. The normalized spacial score (nSPS) is 39.0. The van der Waals surface area contributed by atoms with Gasteiger partial charge < -0.3 is 23.7 Å². The van der Waals surface area contributed by atoms with Crippen molar-refractivity contribution >= 4 is 35.5 Å². The number of ether oxygens (including phenoxy) is 5. The minimum atomic E-state index is -6.62. The second-order valence-corrected chi connectivity index (χ2v) is 16.3. The van der Waals surface area contributed by atoms with Crippen LogP contribution >= 0.6 is 0 Å². The minimum absolute atomic E-state index is 0.0223. The van der Waals surface area contributed by atoms with E-state index in [9.17, 15) is 49.5 Å². The molecule has 0 amide bonds. The van der Waals surface area contributed by atoms with Gasteiger partial charge in [-0.3, -0.25) is 18.9 Å². The molecule has 50 heavy (non-hydrogen) atoms. The molecule has 0 aliphatic heterocycles. The van der Waals surface area contributed by atoms with Crippen molar-refractivity contribution in [1.82, 2.24) is 0 Å². The molecular weight excluding hydrogens is 703 g/mol. The third-order valence-electron chi connectivity index (χ3n) is 12.7. The zero-order chi connectivity index (χ0) is 37.0. The van der Waals surface area contributed by atoms with Crippen molar-refractivity contribution < 1.29 is 77.8 Å². The molecule has 1 N–H and O–H groups in total. The molecule has 4 fully saturated rings. The Kier molecular flexibility index (Phi) is 10.3. The van der Waals surface area contributed by atoms with Crippen LogP contribution in [0.25, 0.3) is 0 Å². The molecule has 18 heteroatoms. The lowest BCUT2D eigenvalue weighted by atomic mass is 9.43. The summed E-state index contributed by atoms with van der Waals surface area (Å²) in [4.78, 5) is 47.4. The predicted octanol–water partition coefficient (Wildman–Crippen LogP) is 4.76. The number of alkyl halides is 5. The Bertz CT molecular complexity index is 1490. The molecule has 12 nitrogen and oxygen atoms in total. The third kappa shape index (κ3) is 6.36. The smallest absolute Gasteiger partial charge is 0.432 e. The van der Waals surface area contributed by atoms with E-state index in [4.69, 9.17) is 23.5 Å². The molecule has 0 spiro atoms.